The first-order valence-electron chi connectivity index (χ1n) is 6.67. The third kappa shape index (κ3) is 4.23. The summed E-state index contributed by atoms with van der Waals surface area (Å²) in [4.78, 5) is 2.34. The molecule has 0 radical (unpaired) electrons. The molecule has 1 N–H and O–H groups in total. The molecule has 2 rings (SSSR count). The van der Waals surface area contributed by atoms with E-state index in [1.54, 1.807) is 6.07 Å². The second kappa shape index (κ2) is 6.93. The van der Waals surface area contributed by atoms with Gasteiger partial charge in [-0.2, -0.15) is 0 Å². The molecular formula is C14H20F2N2O. The summed E-state index contributed by atoms with van der Waals surface area (Å²) in [7, 11) is 0. The first-order valence-corrected chi connectivity index (χ1v) is 6.67. The fraction of sp³-hybridized carbons (Fsp3) is 0.571. The predicted octanol–water partition coefficient (Wildman–Crippen LogP) is 1.78. The summed E-state index contributed by atoms with van der Waals surface area (Å²) in [6.45, 7) is 7.06. The number of nitrogens with one attached hydrogen (secondary N) is 1. The van der Waals surface area contributed by atoms with Gasteiger partial charge in [0.2, 0.25) is 0 Å². The summed E-state index contributed by atoms with van der Waals surface area (Å²) in [6, 6.07) is 3.97. The van der Waals surface area contributed by atoms with Gasteiger partial charge in [-0.15, -0.1) is 0 Å². The Kier molecular flexibility index (Phi) is 5.24. The Morgan fingerprint density at radius 3 is 2.95 bits per heavy atom. The highest BCUT2D eigenvalue weighted by Crippen LogP contribution is 2.09. The average Bonchev–Trinajstić information content (AvgIpc) is 2.43. The number of morpholine rings is 1. The van der Waals surface area contributed by atoms with Crippen LogP contribution in [-0.2, 0) is 11.3 Å². The first kappa shape index (κ1) is 14.4. The fourth-order valence-electron chi connectivity index (χ4n) is 2.22. The second-order valence-electron chi connectivity index (χ2n) is 4.77. The molecule has 0 aromatic heterocycles. The molecule has 3 nitrogen and oxygen atoms in total. The lowest BCUT2D eigenvalue weighted by Crippen LogP contribution is -2.46. The largest absolute Gasteiger partial charge is 0.374 e. The molecule has 0 aliphatic carbocycles. The summed E-state index contributed by atoms with van der Waals surface area (Å²) in [6.07, 6.45) is 0.166. The smallest absolute Gasteiger partial charge is 0.159 e. The summed E-state index contributed by atoms with van der Waals surface area (Å²) in [5.41, 5.74) is 0.738. The third-order valence-corrected chi connectivity index (χ3v) is 3.36. The Hall–Kier alpha value is -1.04. The Labute approximate surface area is 112 Å². The number of nitrogens with zero attached hydrogens (tertiary/aromatic N) is 1. The molecule has 1 heterocycles. The molecule has 1 unspecified atom stereocenters. The highest BCUT2D eigenvalue weighted by molar-refractivity contribution is 5.17. The van der Waals surface area contributed by atoms with Crippen LogP contribution >= 0.6 is 0 Å². The van der Waals surface area contributed by atoms with Crippen LogP contribution in [0.3, 0.4) is 0 Å². The van der Waals surface area contributed by atoms with Crippen molar-refractivity contribution in [1.29, 1.82) is 0 Å². The van der Waals surface area contributed by atoms with Crippen LogP contribution < -0.4 is 5.32 Å². The maximum absolute atomic E-state index is 13.0. The minimum atomic E-state index is -0.807. The van der Waals surface area contributed by atoms with Crippen molar-refractivity contribution in [2.45, 2.75) is 19.6 Å². The van der Waals surface area contributed by atoms with Gasteiger partial charge in [-0.3, -0.25) is 4.90 Å². The molecule has 1 saturated heterocycles. The van der Waals surface area contributed by atoms with Gasteiger partial charge in [0.25, 0.3) is 0 Å². The lowest BCUT2D eigenvalue weighted by molar-refractivity contribution is -0.0253. The Morgan fingerprint density at radius 2 is 2.21 bits per heavy atom. The van der Waals surface area contributed by atoms with E-state index in [4.69, 9.17) is 4.74 Å². The molecule has 1 aromatic rings. The third-order valence-electron chi connectivity index (χ3n) is 3.36. The summed E-state index contributed by atoms with van der Waals surface area (Å²) >= 11 is 0. The minimum Gasteiger partial charge on any atom is -0.374 e. The van der Waals surface area contributed by atoms with E-state index in [2.05, 4.69) is 17.1 Å². The molecule has 5 heteroatoms. The van der Waals surface area contributed by atoms with Gasteiger partial charge in [-0.05, 0) is 24.2 Å². The molecule has 1 aromatic carbocycles. The molecule has 1 fully saturated rings. The van der Waals surface area contributed by atoms with Crippen molar-refractivity contribution in [2.24, 2.45) is 0 Å². The molecule has 0 spiro atoms. The highest BCUT2D eigenvalue weighted by atomic mass is 19.2. The van der Waals surface area contributed by atoms with E-state index in [-0.39, 0.29) is 6.10 Å². The van der Waals surface area contributed by atoms with Crippen molar-refractivity contribution in [2.75, 3.05) is 32.8 Å². The van der Waals surface area contributed by atoms with Crippen LogP contribution in [0.5, 0.6) is 0 Å². The van der Waals surface area contributed by atoms with Crippen LogP contribution in [0.15, 0.2) is 18.2 Å². The zero-order chi connectivity index (χ0) is 13.7. The number of likely N-dealkylation sites (N-methyl/N-ethyl adjacent to an activating group) is 1. The molecule has 1 aliphatic heterocycles. The predicted molar refractivity (Wildman–Crippen MR) is 69.9 cm³/mol. The van der Waals surface area contributed by atoms with Gasteiger partial charge >= 0.3 is 0 Å². The lowest BCUT2D eigenvalue weighted by Gasteiger charge is -2.32. The van der Waals surface area contributed by atoms with Crippen LogP contribution in [-0.4, -0.2) is 43.8 Å². The lowest BCUT2D eigenvalue weighted by atomic mass is 10.2. The van der Waals surface area contributed by atoms with E-state index in [0.29, 0.717) is 6.54 Å². The van der Waals surface area contributed by atoms with Crippen LogP contribution in [0.25, 0.3) is 0 Å². The van der Waals surface area contributed by atoms with Crippen LogP contribution in [0.1, 0.15) is 12.5 Å². The van der Waals surface area contributed by atoms with Crippen molar-refractivity contribution in [3.63, 3.8) is 0 Å². The Bertz CT molecular complexity index is 414. The van der Waals surface area contributed by atoms with E-state index < -0.39 is 11.6 Å². The van der Waals surface area contributed by atoms with Crippen LogP contribution in [0.4, 0.5) is 8.78 Å². The maximum Gasteiger partial charge on any atom is 0.159 e. The average molecular weight is 270 g/mol. The number of rotatable bonds is 5. The zero-order valence-electron chi connectivity index (χ0n) is 11.2. The normalized spacial score (nSPS) is 20.7. The Balaban J connectivity index is 1.75. The van der Waals surface area contributed by atoms with Crippen molar-refractivity contribution < 1.29 is 13.5 Å². The van der Waals surface area contributed by atoms with Gasteiger partial charge < -0.3 is 10.1 Å². The number of hydrogen-bond acceptors (Lipinski definition) is 3. The van der Waals surface area contributed by atoms with E-state index in [0.717, 1.165) is 44.4 Å². The van der Waals surface area contributed by atoms with E-state index in [1.165, 1.54) is 6.07 Å². The van der Waals surface area contributed by atoms with Gasteiger partial charge in [0.05, 0.1) is 12.7 Å². The van der Waals surface area contributed by atoms with Crippen molar-refractivity contribution in [3.8, 4) is 0 Å². The quantitative estimate of drug-likeness (QED) is 0.882. The molecule has 1 aliphatic rings. The number of ether oxygens (including phenoxy) is 1. The summed E-state index contributed by atoms with van der Waals surface area (Å²) in [5.74, 6) is -1.61. The zero-order valence-corrected chi connectivity index (χ0v) is 11.2. The number of halogens is 2. The van der Waals surface area contributed by atoms with Gasteiger partial charge in [-0.25, -0.2) is 8.78 Å². The molecule has 0 saturated carbocycles. The SMILES string of the molecule is CCN1CCOC(CNCc2ccc(F)c(F)c2)C1. The van der Waals surface area contributed by atoms with Gasteiger partial charge in [0, 0.05) is 26.2 Å². The molecule has 0 amide bonds. The summed E-state index contributed by atoms with van der Waals surface area (Å²) < 4.78 is 31.4. The second-order valence-corrected chi connectivity index (χ2v) is 4.77. The monoisotopic (exact) mass is 270 g/mol. The van der Waals surface area contributed by atoms with E-state index in [1.807, 2.05) is 0 Å². The Morgan fingerprint density at radius 1 is 1.37 bits per heavy atom. The van der Waals surface area contributed by atoms with Crippen molar-refractivity contribution >= 4 is 0 Å². The standard InChI is InChI=1S/C14H20F2N2O/c1-2-18-5-6-19-12(10-18)9-17-8-11-3-4-13(15)14(16)7-11/h3-4,7,12,17H,2,5-6,8-10H2,1H3. The fourth-order valence-corrected chi connectivity index (χ4v) is 2.22. The number of benzene rings is 1. The number of hydrogen-bond donors (Lipinski definition) is 1. The first-order chi connectivity index (χ1) is 9.19. The van der Waals surface area contributed by atoms with Crippen LogP contribution in [0.2, 0.25) is 0 Å². The van der Waals surface area contributed by atoms with E-state index >= 15 is 0 Å². The molecule has 106 valence electrons. The van der Waals surface area contributed by atoms with Crippen LogP contribution in [0, 0.1) is 11.6 Å². The maximum atomic E-state index is 13.0. The van der Waals surface area contributed by atoms with Gasteiger partial charge in [0.1, 0.15) is 0 Å². The van der Waals surface area contributed by atoms with Gasteiger partial charge in [-0.1, -0.05) is 13.0 Å². The molecule has 0 bridgehead atoms. The molecule has 19 heavy (non-hydrogen) atoms. The van der Waals surface area contributed by atoms with E-state index in [9.17, 15) is 8.78 Å². The van der Waals surface area contributed by atoms with Crippen molar-refractivity contribution in [1.82, 2.24) is 10.2 Å². The highest BCUT2D eigenvalue weighted by Gasteiger charge is 2.18. The molecular weight excluding hydrogens is 250 g/mol. The van der Waals surface area contributed by atoms with Crippen molar-refractivity contribution in [3.05, 3.63) is 35.4 Å². The minimum absolute atomic E-state index is 0.166. The summed E-state index contributed by atoms with van der Waals surface area (Å²) in [5, 5.41) is 3.22. The molecule has 1 atom stereocenters. The van der Waals surface area contributed by atoms with Gasteiger partial charge in [0.15, 0.2) is 11.6 Å². The topological polar surface area (TPSA) is 24.5 Å².